The van der Waals surface area contributed by atoms with Crippen LogP contribution in [0.2, 0.25) is 0 Å². The maximum Gasteiger partial charge on any atom is 0.416 e. The second-order valence-electron chi connectivity index (χ2n) is 8.66. The lowest BCUT2D eigenvalue weighted by Crippen LogP contribution is -2.07. The summed E-state index contributed by atoms with van der Waals surface area (Å²) < 4.78 is 42.1. The number of H-pyrrole nitrogens is 1. The molecule has 5 aromatic rings. The van der Waals surface area contributed by atoms with Crippen LogP contribution in [0.15, 0.2) is 85.2 Å². The van der Waals surface area contributed by atoms with E-state index in [9.17, 15) is 13.2 Å². The van der Waals surface area contributed by atoms with Crippen LogP contribution in [0, 0.1) is 5.92 Å². The zero-order chi connectivity index (χ0) is 23.7. The maximum absolute atomic E-state index is 13.3. The number of alkyl halides is 3. The fourth-order valence-corrected chi connectivity index (χ4v) is 4.72. The van der Waals surface area contributed by atoms with Crippen molar-refractivity contribution in [3.63, 3.8) is 0 Å². The van der Waals surface area contributed by atoms with Gasteiger partial charge in [-0.05, 0) is 47.4 Å². The van der Waals surface area contributed by atoms with E-state index in [2.05, 4.69) is 34.8 Å². The molecule has 0 saturated carbocycles. The number of rotatable bonds is 7. The van der Waals surface area contributed by atoms with E-state index in [-0.39, 0.29) is 12.4 Å². The highest BCUT2D eigenvalue weighted by Gasteiger charge is 2.31. The van der Waals surface area contributed by atoms with Gasteiger partial charge in [0.25, 0.3) is 0 Å². The van der Waals surface area contributed by atoms with Crippen LogP contribution in [0.3, 0.4) is 0 Å². The Morgan fingerprint density at radius 1 is 0.829 bits per heavy atom. The SMILES string of the molecule is CCCCCn1cc([C](c2ccc(C(F)(F)F)cc2)c2c[nH]c3ccccc23)c2ccccc21.Cl. The van der Waals surface area contributed by atoms with Crippen LogP contribution in [0.1, 0.15) is 48.4 Å². The number of aromatic nitrogens is 2. The summed E-state index contributed by atoms with van der Waals surface area (Å²) in [5.74, 6) is 0.927. The average molecular weight is 496 g/mol. The Labute approximate surface area is 209 Å². The molecule has 2 heterocycles. The lowest BCUT2D eigenvalue weighted by Gasteiger charge is -2.17. The second kappa shape index (κ2) is 10.2. The highest BCUT2D eigenvalue weighted by molar-refractivity contribution is 5.93. The monoisotopic (exact) mass is 495 g/mol. The molecular weight excluding hydrogens is 469 g/mol. The molecule has 5 rings (SSSR count). The van der Waals surface area contributed by atoms with E-state index < -0.39 is 11.7 Å². The van der Waals surface area contributed by atoms with Gasteiger partial charge in [0.1, 0.15) is 0 Å². The summed E-state index contributed by atoms with van der Waals surface area (Å²) in [6.45, 7) is 3.09. The second-order valence-corrected chi connectivity index (χ2v) is 8.66. The number of hydrogen-bond acceptors (Lipinski definition) is 0. The van der Waals surface area contributed by atoms with Gasteiger partial charge in [-0.1, -0.05) is 68.3 Å². The van der Waals surface area contributed by atoms with E-state index in [0.717, 1.165) is 70.2 Å². The van der Waals surface area contributed by atoms with Gasteiger partial charge >= 0.3 is 6.18 Å². The van der Waals surface area contributed by atoms with Crippen LogP contribution in [0.25, 0.3) is 21.8 Å². The first-order valence-electron chi connectivity index (χ1n) is 11.7. The quantitative estimate of drug-likeness (QED) is 0.218. The number of benzene rings is 3. The zero-order valence-corrected chi connectivity index (χ0v) is 20.2. The number of nitrogens with one attached hydrogen (secondary N) is 1. The van der Waals surface area contributed by atoms with Crippen molar-refractivity contribution in [2.75, 3.05) is 0 Å². The van der Waals surface area contributed by atoms with Gasteiger partial charge < -0.3 is 9.55 Å². The molecule has 2 aromatic heterocycles. The van der Waals surface area contributed by atoms with Crippen LogP contribution >= 0.6 is 12.4 Å². The van der Waals surface area contributed by atoms with E-state index in [4.69, 9.17) is 0 Å². The highest BCUT2D eigenvalue weighted by atomic mass is 35.5. The van der Waals surface area contributed by atoms with Crippen molar-refractivity contribution in [1.82, 2.24) is 9.55 Å². The Kier molecular flexibility index (Phi) is 7.27. The van der Waals surface area contributed by atoms with Crippen molar-refractivity contribution in [2.45, 2.75) is 38.9 Å². The Balaban J connectivity index is 0.00000289. The van der Waals surface area contributed by atoms with Gasteiger partial charge in [0.15, 0.2) is 0 Å². The summed E-state index contributed by atoms with van der Waals surface area (Å²) in [6, 6.07) is 21.8. The van der Waals surface area contributed by atoms with E-state index in [1.165, 1.54) is 12.1 Å². The largest absolute Gasteiger partial charge is 0.416 e. The number of hydrogen-bond donors (Lipinski definition) is 1. The molecular formula is C29H27ClF3N2. The zero-order valence-electron chi connectivity index (χ0n) is 19.4. The van der Waals surface area contributed by atoms with Crippen molar-refractivity contribution < 1.29 is 13.2 Å². The molecule has 0 saturated heterocycles. The van der Waals surface area contributed by atoms with Gasteiger partial charge in [-0.15, -0.1) is 12.4 Å². The third kappa shape index (κ3) is 4.83. The topological polar surface area (TPSA) is 20.7 Å². The van der Waals surface area contributed by atoms with Gasteiger partial charge in [0, 0.05) is 40.7 Å². The number of nitrogens with zero attached hydrogens (tertiary/aromatic N) is 1. The Hall–Kier alpha value is -3.18. The van der Waals surface area contributed by atoms with Gasteiger partial charge in [0.2, 0.25) is 0 Å². The minimum atomic E-state index is -4.37. The fraction of sp³-hybridized carbons (Fsp3) is 0.207. The summed E-state index contributed by atoms with van der Waals surface area (Å²) in [5, 5.41) is 2.14. The molecule has 0 aliphatic rings. The van der Waals surface area contributed by atoms with Gasteiger partial charge in [0.05, 0.1) is 11.5 Å². The third-order valence-electron chi connectivity index (χ3n) is 6.42. The molecule has 1 radical (unpaired) electrons. The van der Waals surface area contributed by atoms with Gasteiger partial charge in [-0.3, -0.25) is 0 Å². The summed E-state index contributed by atoms with van der Waals surface area (Å²) in [5.41, 5.74) is 4.25. The van der Waals surface area contributed by atoms with Crippen molar-refractivity contribution in [2.24, 2.45) is 0 Å². The molecule has 0 atom stereocenters. The van der Waals surface area contributed by atoms with Crippen LogP contribution in [-0.2, 0) is 12.7 Å². The minimum absolute atomic E-state index is 0. The number of aryl methyl sites for hydroxylation is 1. The van der Waals surface area contributed by atoms with Crippen molar-refractivity contribution >= 4 is 34.2 Å². The fourth-order valence-electron chi connectivity index (χ4n) is 4.72. The average Bonchev–Trinajstić information content (AvgIpc) is 3.42. The summed E-state index contributed by atoms with van der Waals surface area (Å²) >= 11 is 0. The number of fused-ring (bicyclic) bond motifs is 2. The first kappa shape index (κ1) is 24.9. The molecule has 0 spiro atoms. The van der Waals surface area contributed by atoms with Crippen molar-refractivity contribution in [3.8, 4) is 0 Å². The first-order chi connectivity index (χ1) is 16.5. The van der Waals surface area contributed by atoms with Gasteiger partial charge in [-0.25, -0.2) is 0 Å². The predicted molar refractivity (Wildman–Crippen MR) is 139 cm³/mol. The van der Waals surface area contributed by atoms with E-state index in [1.54, 1.807) is 12.1 Å². The highest BCUT2D eigenvalue weighted by Crippen LogP contribution is 2.40. The summed E-state index contributed by atoms with van der Waals surface area (Å²) in [7, 11) is 0. The molecule has 0 aliphatic carbocycles. The lowest BCUT2D eigenvalue weighted by molar-refractivity contribution is -0.137. The van der Waals surface area contributed by atoms with E-state index in [1.807, 2.05) is 42.6 Å². The maximum atomic E-state index is 13.3. The Morgan fingerprint density at radius 3 is 2.23 bits per heavy atom. The summed E-state index contributed by atoms with van der Waals surface area (Å²) in [6.07, 6.45) is 3.13. The Bertz CT molecular complexity index is 1410. The number of para-hydroxylation sites is 2. The number of unbranched alkanes of at least 4 members (excludes halogenated alkanes) is 2. The third-order valence-corrected chi connectivity index (χ3v) is 6.42. The van der Waals surface area contributed by atoms with Gasteiger partial charge in [-0.2, -0.15) is 13.2 Å². The first-order valence-corrected chi connectivity index (χ1v) is 11.7. The van der Waals surface area contributed by atoms with Crippen LogP contribution in [0.4, 0.5) is 13.2 Å². The molecule has 2 nitrogen and oxygen atoms in total. The van der Waals surface area contributed by atoms with Crippen LogP contribution in [-0.4, -0.2) is 9.55 Å². The minimum Gasteiger partial charge on any atom is -0.361 e. The predicted octanol–water partition coefficient (Wildman–Crippen LogP) is 8.77. The summed E-state index contributed by atoms with van der Waals surface area (Å²) in [4.78, 5) is 3.33. The van der Waals surface area contributed by atoms with Crippen LogP contribution in [0.5, 0.6) is 0 Å². The normalized spacial score (nSPS) is 11.9. The van der Waals surface area contributed by atoms with Crippen molar-refractivity contribution in [3.05, 3.63) is 113 Å². The molecule has 0 unspecified atom stereocenters. The molecule has 0 aliphatic heterocycles. The molecule has 3 aromatic carbocycles. The van der Waals surface area contributed by atoms with E-state index in [0.29, 0.717) is 0 Å². The molecule has 35 heavy (non-hydrogen) atoms. The van der Waals surface area contributed by atoms with Crippen LogP contribution < -0.4 is 0 Å². The Morgan fingerprint density at radius 2 is 1.51 bits per heavy atom. The smallest absolute Gasteiger partial charge is 0.361 e. The standard InChI is InChI=1S/C29H26F3N2.ClH/c1-2-3-8-17-34-19-25(23-10-5-7-12-27(23)34)28(20-13-15-21(16-14-20)29(30,31)32)24-18-33-26-11-6-4-9-22(24)26;/h4-7,9-16,18-19,33H,2-3,8,17H2,1H3;1H. The molecule has 6 heteroatoms. The molecule has 0 fully saturated rings. The van der Waals surface area contributed by atoms with E-state index >= 15 is 0 Å². The number of aromatic amines is 1. The van der Waals surface area contributed by atoms with Crippen molar-refractivity contribution in [1.29, 1.82) is 0 Å². The molecule has 0 bridgehead atoms. The number of halogens is 4. The molecule has 181 valence electrons. The molecule has 0 amide bonds. The lowest BCUT2D eigenvalue weighted by atomic mass is 9.84. The molecule has 1 N–H and O–H groups in total.